The first-order chi connectivity index (χ1) is 4.45. The highest BCUT2D eigenvalue weighted by atomic mass is 32.2. The average molecular weight is 167 g/mol. The van der Waals surface area contributed by atoms with Gasteiger partial charge in [-0.1, -0.05) is 0 Å². The quantitative estimate of drug-likeness (QED) is 0.246. The van der Waals surface area contributed by atoms with Crippen molar-refractivity contribution < 1.29 is 13.2 Å². The lowest BCUT2D eigenvalue weighted by Crippen LogP contribution is -2.39. The van der Waals surface area contributed by atoms with Crippen molar-refractivity contribution in [2.45, 2.75) is 0 Å². The van der Waals surface area contributed by atoms with Gasteiger partial charge in [0, 0.05) is 0 Å². The first-order valence-electron chi connectivity index (χ1n) is 2.40. The zero-order chi connectivity index (χ0) is 8.20. The summed E-state index contributed by atoms with van der Waals surface area (Å²) in [5, 5.41) is 0. The van der Waals surface area contributed by atoms with Crippen LogP contribution in [0.4, 0.5) is 0 Å². The number of sulfonamides is 1. The largest absolute Gasteiger partial charge is 0.293 e. The standard InChI is InChI=1S/C3H9N3O3S/c1-10(8,9)5-2-3(7)6-4/h5H,2,4H2,1H3,(H,6,7). The predicted octanol–water partition coefficient (Wildman–Crippen LogP) is -2.47. The van der Waals surface area contributed by atoms with Crippen LogP contribution in [0, 0.1) is 0 Å². The summed E-state index contributed by atoms with van der Waals surface area (Å²) in [6.07, 6.45) is 0.955. The molecule has 0 heterocycles. The Morgan fingerprint density at radius 3 is 2.40 bits per heavy atom. The third kappa shape index (κ3) is 5.48. The lowest BCUT2D eigenvalue weighted by molar-refractivity contribution is -0.120. The molecule has 6 nitrogen and oxygen atoms in total. The summed E-state index contributed by atoms with van der Waals surface area (Å²) in [5.74, 6) is 4.09. The fourth-order valence-corrected chi connectivity index (χ4v) is 0.641. The normalized spacial score (nSPS) is 11.0. The van der Waals surface area contributed by atoms with E-state index in [1.165, 1.54) is 0 Å². The molecule has 0 saturated carbocycles. The fourth-order valence-electron chi connectivity index (χ4n) is 0.248. The van der Waals surface area contributed by atoms with Crippen LogP contribution in [0.2, 0.25) is 0 Å². The van der Waals surface area contributed by atoms with Gasteiger partial charge < -0.3 is 0 Å². The summed E-state index contributed by atoms with van der Waals surface area (Å²) >= 11 is 0. The number of hydrogen-bond donors (Lipinski definition) is 3. The molecule has 0 rings (SSSR count). The maximum Gasteiger partial charge on any atom is 0.248 e. The molecule has 0 aliphatic heterocycles. The van der Waals surface area contributed by atoms with Crippen LogP contribution < -0.4 is 16.0 Å². The highest BCUT2D eigenvalue weighted by Crippen LogP contribution is 1.70. The molecule has 0 fully saturated rings. The summed E-state index contributed by atoms with van der Waals surface area (Å²) in [6, 6.07) is 0. The minimum absolute atomic E-state index is 0.324. The Morgan fingerprint density at radius 1 is 1.60 bits per heavy atom. The Hall–Kier alpha value is -0.660. The van der Waals surface area contributed by atoms with Gasteiger partial charge in [0.05, 0.1) is 12.8 Å². The van der Waals surface area contributed by atoms with Gasteiger partial charge in [-0.15, -0.1) is 0 Å². The Bertz CT molecular complexity index is 209. The topological polar surface area (TPSA) is 101 Å². The Labute approximate surface area is 58.8 Å². The molecule has 0 unspecified atom stereocenters. The van der Waals surface area contributed by atoms with Crippen LogP contribution in [-0.4, -0.2) is 27.1 Å². The number of carbonyl (C=O) groups is 1. The van der Waals surface area contributed by atoms with Gasteiger partial charge >= 0.3 is 0 Å². The molecule has 60 valence electrons. The van der Waals surface area contributed by atoms with E-state index in [2.05, 4.69) is 5.84 Å². The van der Waals surface area contributed by atoms with Crippen molar-refractivity contribution in [2.75, 3.05) is 12.8 Å². The summed E-state index contributed by atoms with van der Waals surface area (Å²) in [4.78, 5) is 10.3. The van der Waals surface area contributed by atoms with Crippen LogP contribution in [0.1, 0.15) is 0 Å². The van der Waals surface area contributed by atoms with Crippen molar-refractivity contribution in [1.29, 1.82) is 0 Å². The maximum absolute atomic E-state index is 10.3. The van der Waals surface area contributed by atoms with Gasteiger partial charge in [-0.05, 0) is 0 Å². The summed E-state index contributed by atoms with van der Waals surface area (Å²) in [5.41, 5.74) is 1.77. The van der Waals surface area contributed by atoms with Gasteiger partial charge in [-0.2, -0.15) is 0 Å². The van der Waals surface area contributed by atoms with Crippen molar-refractivity contribution in [2.24, 2.45) is 5.84 Å². The molecule has 0 atom stereocenters. The maximum atomic E-state index is 10.3. The third-order valence-corrected chi connectivity index (χ3v) is 1.32. The van der Waals surface area contributed by atoms with Gasteiger partial charge in [0.2, 0.25) is 15.9 Å². The molecule has 7 heteroatoms. The van der Waals surface area contributed by atoms with E-state index in [0.29, 0.717) is 0 Å². The number of rotatable bonds is 3. The number of hydrogen-bond acceptors (Lipinski definition) is 4. The number of carbonyl (C=O) groups excluding carboxylic acids is 1. The van der Waals surface area contributed by atoms with Crippen molar-refractivity contribution in [1.82, 2.24) is 10.1 Å². The minimum Gasteiger partial charge on any atom is -0.293 e. The SMILES string of the molecule is CS(=O)(=O)NCC(=O)NN. The minimum atomic E-state index is -3.30. The number of nitrogens with two attached hydrogens (primary N) is 1. The van der Waals surface area contributed by atoms with E-state index in [4.69, 9.17) is 0 Å². The first-order valence-corrected chi connectivity index (χ1v) is 4.29. The zero-order valence-electron chi connectivity index (χ0n) is 5.42. The molecular weight excluding hydrogens is 158 g/mol. The highest BCUT2D eigenvalue weighted by molar-refractivity contribution is 7.88. The van der Waals surface area contributed by atoms with E-state index in [1.807, 2.05) is 4.72 Å². The van der Waals surface area contributed by atoms with Gasteiger partial charge in [-0.25, -0.2) is 19.0 Å². The van der Waals surface area contributed by atoms with Crippen LogP contribution in [0.5, 0.6) is 0 Å². The number of hydrazine groups is 1. The predicted molar refractivity (Wildman–Crippen MR) is 35.2 cm³/mol. The molecule has 4 N–H and O–H groups in total. The van der Waals surface area contributed by atoms with E-state index in [9.17, 15) is 13.2 Å². The second-order valence-electron chi connectivity index (χ2n) is 1.66. The molecule has 1 amide bonds. The summed E-state index contributed by atoms with van der Waals surface area (Å²) in [7, 11) is -3.30. The van der Waals surface area contributed by atoms with E-state index < -0.39 is 15.9 Å². The smallest absolute Gasteiger partial charge is 0.248 e. The van der Waals surface area contributed by atoms with Crippen LogP contribution in [0.25, 0.3) is 0 Å². The molecule has 0 aromatic carbocycles. The van der Waals surface area contributed by atoms with E-state index >= 15 is 0 Å². The van der Waals surface area contributed by atoms with Crippen LogP contribution in [0.3, 0.4) is 0 Å². The highest BCUT2D eigenvalue weighted by Gasteiger charge is 2.02. The fraction of sp³-hybridized carbons (Fsp3) is 0.667. The molecule has 10 heavy (non-hydrogen) atoms. The molecule has 0 aromatic heterocycles. The number of nitrogens with one attached hydrogen (secondary N) is 2. The second-order valence-corrected chi connectivity index (χ2v) is 3.49. The summed E-state index contributed by atoms with van der Waals surface area (Å²) < 4.78 is 22.6. The average Bonchev–Trinajstić information content (AvgIpc) is 1.81. The van der Waals surface area contributed by atoms with E-state index in [1.54, 1.807) is 5.43 Å². The van der Waals surface area contributed by atoms with Crippen LogP contribution in [-0.2, 0) is 14.8 Å². The van der Waals surface area contributed by atoms with E-state index in [-0.39, 0.29) is 6.54 Å². The number of amides is 1. The Kier molecular flexibility index (Phi) is 3.26. The molecule has 0 aliphatic carbocycles. The van der Waals surface area contributed by atoms with Crippen molar-refractivity contribution in [3.8, 4) is 0 Å². The Balaban J connectivity index is 3.67. The van der Waals surface area contributed by atoms with Crippen molar-refractivity contribution in [3.05, 3.63) is 0 Å². The van der Waals surface area contributed by atoms with Gasteiger partial charge in [0.15, 0.2) is 0 Å². The van der Waals surface area contributed by atoms with E-state index in [0.717, 1.165) is 6.26 Å². The first kappa shape index (κ1) is 9.34. The lowest BCUT2D eigenvalue weighted by atomic mass is 10.6. The third-order valence-electron chi connectivity index (χ3n) is 0.656. The zero-order valence-corrected chi connectivity index (χ0v) is 6.23. The molecule has 0 aliphatic rings. The molecule has 0 bridgehead atoms. The van der Waals surface area contributed by atoms with Gasteiger partial charge in [0.1, 0.15) is 0 Å². The second kappa shape index (κ2) is 3.49. The Morgan fingerprint density at radius 2 is 2.10 bits per heavy atom. The van der Waals surface area contributed by atoms with Gasteiger partial charge in [0.25, 0.3) is 0 Å². The van der Waals surface area contributed by atoms with Crippen LogP contribution >= 0.6 is 0 Å². The van der Waals surface area contributed by atoms with Crippen LogP contribution in [0.15, 0.2) is 0 Å². The van der Waals surface area contributed by atoms with Gasteiger partial charge in [-0.3, -0.25) is 10.2 Å². The van der Waals surface area contributed by atoms with Crippen molar-refractivity contribution in [3.63, 3.8) is 0 Å². The molecule has 0 radical (unpaired) electrons. The summed E-state index contributed by atoms with van der Waals surface area (Å²) in [6.45, 7) is -0.324. The van der Waals surface area contributed by atoms with Crippen molar-refractivity contribution >= 4 is 15.9 Å². The molecular formula is C3H9N3O3S. The molecule has 0 aromatic rings. The lowest BCUT2D eigenvalue weighted by Gasteiger charge is -1.98. The molecule has 0 saturated heterocycles. The monoisotopic (exact) mass is 167 g/mol. The molecule has 0 spiro atoms.